The molecule has 0 atom stereocenters. The molecular weight excluding hydrogens is 442 g/mol. The summed E-state index contributed by atoms with van der Waals surface area (Å²) in [5.41, 5.74) is 2.67. The van der Waals surface area contributed by atoms with Crippen LogP contribution < -0.4 is 10.3 Å². The topological polar surface area (TPSA) is 100 Å². The number of aromatic amines is 1. The van der Waals surface area contributed by atoms with Crippen molar-refractivity contribution in [2.75, 3.05) is 7.11 Å². The van der Waals surface area contributed by atoms with Gasteiger partial charge in [0.1, 0.15) is 11.5 Å². The largest absolute Gasteiger partial charge is 0.507 e. The first-order chi connectivity index (χ1) is 16.0. The lowest BCUT2D eigenvalue weighted by molar-refractivity contribution is 0.416. The number of halogens is 1. The molecule has 0 unspecified atom stereocenters. The van der Waals surface area contributed by atoms with Crippen LogP contribution in [0.2, 0.25) is 5.02 Å². The summed E-state index contributed by atoms with van der Waals surface area (Å²) in [6.45, 7) is 0. The van der Waals surface area contributed by atoms with E-state index in [1.165, 1.54) is 10.9 Å². The molecule has 0 aliphatic rings. The second kappa shape index (κ2) is 8.03. The van der Waals surface area contributed by atoms with E-state index in [-0.39, 0.29) is 17.2 Å². The van der Waals surface area contributed by atoms with Crippen LogP contribution in [0.15, 0.2) is 77.9 Å². The van der Waals surface area contributed by atoms with E-state index in [4.69, 9.17) is 16.3 Å². The third-order valence-electron chi connectivity index (χ3n) is 5.49. The van der Waals surface area contributed by atoms with Crippen molar-refractivity contribution in [1.82, 2.24) is 14.8 Å². The highest BCUT2D eigenvalue weighted by molar-refractivity contribution is 6.34. The van der Waals surface area contributed by atoms with E-state index in [1.54, 1.807) is 43.6 Å². The van der Waals surface area contributed by atoms with Crippen LogP contribution in [0.25, 0.3) is 38.8 Å². The summed E-state index contributed by atoms with van der Waals surface area (Å²) in [6, 6.07) is 17.5. The Morgan fingerprint density at radius 1 is 1.00 bits per heavy atom. The second-order valence-electron chi connectivity index (χ2n) is 7.41. The van der Waals surface area contributed by atoms with Gasteiger partial charge in [0.25, 0.3) is 5.56 Å². The molecule has 7 nitrogen and oxygen atoms in total. The lowest BCUT2D eigenvalue weighted by Crippen LogP contribution is -2.15. The molecule has 0 radical (unpaired) electrons. The zero-order valence-electron chi connectivity index (χ0n) is 17.4. The first-order valence-electron chi connectivity index (χ1n) is 10.0. The Morgan fingerprint density at radius 2 is 1.82 bits per heavy atom. The van der Waals surface area contributed by atoms with E-state index in [2.05, 4.69) is 10.1 Å². The summed E-state index contributed by atoms with van der Waals surface area (Å²) in [5, 5.41) is 26.0. The number of hydrogen-bond donors (Lipinski definition) is 3. The van der Waals surface area contributed by atoms with Gasteiger partial charge in [0, 0.05) is 34.5 Å². The number of hydrogen-bond acceptors (Lipinski definition) is 5. The number of benzene rings is 3. The zero-order chi connectivity index (χ0) is 23.1. The fraction of sp³-hybridized carbons (Fsp3) is 0.0400. The maximum atomic E-state index is 12.6. The summed E-state index contributed by atoms with van der Waals surface area (Å²) >= 11 is 6.58. The standard InChI is InChI=1S/C25H18ClN3O4/c1-33-22-11-14(15-5-2-3-6-21(15)30)7-8-16(22)17-12-18-20(13-19(17)26)28-25(32)23(24(18)31)29-10-4-9-27-29/h2-13,30H,1H3,(H2,28,31,32). The number of phenolic OH excluding ortho intramolecular Hbond substituents is 1. The monoisotopic (exact) mass is 459 g/mol. The molecule has 2 heterocycles. The number of rotatable bonds is 4. The maximum absolute atomic E-state index is 12.6. The van der Waals surface area contributed by atoms with Crippen LogP contribution >= 0.6 is 11.6 Å². The van der Waals surface area contributed by atoms with Crippen molar-refractivity contribution in [2.24, 2.45) is 0 Å². The molecule has 0 bridgehead atoms. The van der Waals surface area contributed by atoms with Gasteiger partial charge in [0.2, 0.25) is 0 Å². The minimum atomic E-state index is -0.489. The molecule has 0 saturated heterocycles. The van der Waals surface area contributed by atoms with Gasteiger partial charge in [-0.15, -0.1) is 0 Å². The Kier molecular flexibility index (Phi) is 5.03. The van der Waals surface area contributed by atoms with Crippen molar-refractivity contribution < 1.29 is 14.9 Å². The summed E-state index contributed by atoms with van der Waals surface area (Å²) in [7, 11) is 1.55. The van der Waals surface area contributed by atoms with Crippen molar-refractivity contribution in [2.45, 2.75) is 0 Å². The number of pyridine rings is 1. The lowest BCUT2D eigenvalue weighted by Gasteiger charge is -2.15. The Bertz CT molecular complexity index is 1560. The van der Waals surface area contributed by atoms with Crippen molar-refractivity contribution in [3.05, 3.63) is 88.4 Å². The number of phenols is 1. The third-order valence-corrected chi connectivity index (χ3v) is 5.80. The van der Waals surface area contributed by atoms with Gasteiger partial charge in [0.05, 0.1) is 17.6 Å². The first-order valence-corrected chi connectivity index (χ1v) is 10.4. The molecule has 0 aliphatic carbocycles. The lowest BCUT2D eigenvalue weighted by atomic mass is 9.97. The van der Waals surface area contributed by atoms with Gasteiger partial charge < -0.3 is 19.9 Å². The molecule has 0 spiro atoms. The molecule has 3 aromatic carbocycles. The third kappa shape index (κ3) is 3.48. The van der Waals surface area contributed by atoms with Gasteiger partial charge in [-0.05, 0) is 42.0 Å². The van der Waals surface area contributed by atoms with Crippen molar-refractivity contribution in [3.8, 4) is 45.2 Å². The van der Waals surface area contributed by atoms with Gasteiger partial charge in [-0.25, -0.2) is 4.68 Å². The summed E-state index contributed by atoms with van der Waals surface area (Å²) < 4.78 is 6.94. The molecule has 5 aromatic rings. The van der Waals surface area contributed by atoms with Crippen molar-refractivity contribution in [3.63, 3.8) is 0 Å². The highest BCUT2D eigenvalue weighted by Gasteiger charge is 2.18. The SMILES string of the molecule is COc1cc(-c2ccccc2O)ccc1-c1cc2c(O)c(-n3cccn3)c(=O)[nH]c2cc1Cl. The second-order valence-corrected chi connectivity index (χ2v) is 7.82. The molecule has 164 valence electrons. The van der Waals surface area contributed by atoms with Crippen LogP contribution in [0, 0.1) is 0 Å². The average molecular weight is 460 g/mol. The van der Waals surface area contributed by atoms with Gasteiger partial charge >= 0.3 is 0 Å². The van der Waals surface area contributed by atoms with E-state index in [9.17, 15) is 15.0 Å². The molecule has 0 amide bonds. The number of para-hydroxylation sites is 1. The number of H-pyrrole nitrogens is 1. The van der Waals surface area contributed by atoms with E-state index in [0.29, 0.717) is 38.4 Å². The molecule has 0 saturated carbocycles. The minimum Gasteiger partial charge on any atom is -0.507 e. The summed E-state index contributed by atoms with van der Waals surface area (Å²) in [4.78, 5) is 15.3. The van der Waals surface area contributed by atoms with Gasteiger partial charge in [-0.3, -0.25) is 4.79 Å². The van der Waals surface area contributed by atoms with Crippen LogP contribution in [0.3, 0.4) is 0 Å². The van der Waals surface area contributed by atoms with Gasteiger partial charge in [-0.1, -0.05) is 35.9 Å². The number of nitrogens with zero attached hydrogens (tertiary/aromatic N) is 2. The Balaban J connectivity index is 1.71. The normalized spacial score (nSPS) is 11.1. The highest BCUT2D eigenvalue weighted by Crippen LogP contribution is 2.42. The van der Waals surface area contributed by atoms with Crippen LogP contribution in [-0.4, -0.2) is 32.1 Å². The van der Waals surface area contributed by atoms with Crippen LogP contribution in [0.1, 0.15) is 0 Å². The Hall–Kier alpha value is -4.23. The smallest absolute Gasteiger partial charge is 0.278 e. The quantitative estimate of drug-likeness (QED) is 0.346. The first kappa shape index (κ1) is 20.7. The fourth-order valence-electron chi connectivity index (χ4n) is 3.91. The minimum absolute atomic E-state index is 0.0163. The summed E-state index contributed by atoms with van der Waals surface area (Å²) in [5.74, 6) is 0.490. The zero-order valence-corrected chi connectivity index (χ0v) is 18.2. The number of aromatic nitrogens is 3. The molecule has 0 fully saturated rings. The number of methoxy groups -OCH3 is 1. The van der Waals surface area contributed by atoms with Crippen molar-refractivity contribution >= 4 is 22.5 Å². The van der Waals surface area contributed by atoms with Crippen LogP contribution in [-0.2, 0) is 0 Å². The molecule has 5 rings (SSSR count). The van der Waals surface area contributed by atoms with Crippen LogP contribution in [0.4, 0.5) is 0 Å². The number of aromatic hydroxyl groups is 2. The molecule has 2 aromatic heterocycles. The van der Waals surface area contributed by atoms with E-state index in [0.717, 1.165) is 5.56 Å². The predicted molar refractivity (Wildman–Crippen MR) is 127 cm³/mol. The molecule has 3 N–H and O–H groups in total. The number of ether oxygens (including phenoxy) is 1. The summed E-state index contributed by atoms with van der Waals surface area (Å²) in [6.07, 6.45) is 3.10. The highest BCUT2D eigenvalue weighted by atomic mass is 35.5. The predicted octanol–water partition coefficient (Wildman–Crippen LogP) is 5.12. The number of fused-ring (bicyclic) bond motifs is 1. The van der Waals surface area contributed by atoms with E-state index < -0.39 is 5.56 Å². The Morgan fingerprint density at radius 3 is 2.55 bits per heavy atom. The molecular formula is C25H18ClN3O4. The molecule has 0 aliphatic heterocycles. The number of nitrogens with one attached hydrogen (secondary N) is 1. The van der Waals surface area contributed by atoms with Gasteiger partial charge in [0.15, 0.2) is 11.4 Å². The van der Waals surface area contributed by atoms with E-state index in [1.807, 2.05) is 30.3 Å². The van der Waals surface area contributed by atoms with Crippen molar-refractivity contribution in [1.29, 1.82) is 0 Å². The average Bonchev–Trinajstić information content (AvgIpc) is 3.33. The molecule has 8 heteroatoms. The maximum Gasteiger partial charge on any atom is 0.278 e. The van der Waals surface area contributed by atoms with Gasteiger partial charge in [-0.2, -0.15) is 5.10 Å². The fourth-order valence-corrected chi connectivity index (χ4v) is 4.17. The van der Waals surface area contributed by atoms with E-state index >= 15 is 0 Å². The molecule has 33 heavy (non-hydrogen) atoms. The Labute approximate surface area is 193 Å². The van der Waals surface area contributed by atoms with Crippen LogP contribution in [0.5, 0.6) is 17.2 Å².